The first-order chi connectivity index (χ1) is 10.9. The number of fused-ring (bicyclic) bond motifs is 1. The molecule has 2 N–H and O–H groups in total. The molecule has 124 valence electrons. The number of aromatic nitrogens is 1. The van der Waals surface area contributed by atoms with Crippen LogP contribution in [-0.2, 0) is 21.7 Å². The number of nitrogens with zero attached hydrogens (tertiary/aromatic N) is 1. The van der Waals surface area contributed by atoms with Crippen molar-refractivity contribution < 1.29 is 22.4 Å². The number of aryl methyl sites for hydroxylation is 1. The van der Waals surface area contributed by atoms with Gasteiger partial charge < -0.3 is 19.6 Å². The predicted molar refractivity (Wildman–Crippen MR) is 82.7 cm³/mol. The van der Waals surface area contributed by atoms with Crippen LogP contribution in [0.2, 0.25) is 0 Å². The number of carbonyl (C=O) groups excluding carboxylic acids is 2. The lowest BCUT2D eigenvalue weighted by Crippen LogP contribution is -2.42. The number of hydrogen-bond donors (Lipinski definition) is 2. The van der Waals surface area contributed by atoms with E-state index in [1.807, 2.05) is 0 Å². The Labute approximate surface area is 132 Å². The van der Waals surface area contributed by atoms with E-state index in [1.165, 1.54) is 6.26 Å². The van der Waals surface area contributed by atoms with E-state index in [9.17, 15) is 18.0 Å². The summed E-state index contributed by atoms with van der Waals surface area (Å²) < 4.78 is 29.6. The zero-order chi connectivity index (χ0) is 16.6. The Kier molecular flexibility index (Phi) is 3.88. The number of nitrogens with one attached hydrogen (secondary N) is 2. The molecule has 3 heterocycles. The molecule has 1 atom stereocenters. The fourth-order valence-corrected chi connectivity index (χ4v) is 4.38. The maximum Gasteiger partial charge on any atom is 0.268 e. The Bertz CT molecular complexity index is 864. The van der Waals surface area contributed by atoms with Crippen molar-refractivity contribution in [1.82, 2.24) is 15.2 Å². The van der Waals surface area contributed by atoms with E-state index >= 15 is 0 Å². The second-order valence-corrected chi connectivity index (χ2v) is 7.84. The van der Waals surface area contributed by atoms with Gasteiger partial charge in [-0.3, -0.25) is 9.59 Å². The highest BCUT2D eigenvalue weighted by atomic mass is 32.2. The van der Waals surface area contributed by atoms with Crippen LogP contribution in [0, 0.1) is 0 Å². The van der Waals surface area contributed by atoms with Crippen LogP contribution in [0.3, 0.4) is 0 Å². The summed E-state index contributed by atoms with van der Waals surface area (Å²) in [7, 11) is -1.31. The Hall–Kier alpha value is -2.29. The van der Waals surface area contributed by atoms with Crippen LogP contribution < -0.4 is 10.6 Å². The predicted octanol–water partition coefficient (Wildman–Crippen LogP) is -0.196. The lowest BCUT2D eigenvalue weighted by atomic mass is 10.2. The van der Waals surface area contributed by atoms with Crippen LogP contribution in [0.4, 0.5) is 0 Å². The molecule has 1 aliphatic rings. The molecule has 0 radical (unpaired) electrons. The lowest BCUT2D eigenvalue weighted by molar-refractivity contribution is -0.120. The number of furan rings is 1. The van der Waals surface area contributed by atoms with E-state index in [2.05, 4.69) is 10.6 Å². The second kappa shape index (κ2) is 5.73. The van der Waals surface area contributed by atoms with Crippen LogP contribution >= 0.6 is 0 Å². The summed E-state index contributed by atoms with van der Waals surface area (Å²) in [5, 5.41) is 5.14. The van der Waals surface area contributed by atoms with Gasteiger partial charge in [-0.15, -0.1) is 0 Å². The molecule has 2 aromatic heterocycles. The average Bonchev–Trinajstić information content (AvgIpc) is 3.14. The molecule has 8 nitrogen and oxygen atoms in total. The van der Waals surface area contributed by atoms with E-state index in [-0.39, 0.29) is 24.1 Å². The van der Waals surface area contributed by atoms with Crippen LogP contribution in [0.15, 0.2) is 22.8 Å². The van der Waals surface area contributed by atoms with Gasteiger partial charge in [-0.25, -0.2) is 8.42 Å². The first-order valence-electron chi connectivity index (χ1n) is 7.16. The molecule has 1 aliphatic heterocycles. The normalized spacial score (nSPS) is 19.8. The zero-order valence-electron chi connectivity index (χ0n) is 12.5. The van der Waals surface area contributed by atoms with Gasteiger partial charge in [-0.2, -0.15) is 0 Å². The summed E-state index contributed by atoms with van der Waals surface area (Å²) in [6, 6.07) is 2.98. The second-order valence-electron chi connectivity index (χ2n) is 5.61. The van der Waals surface area contributed by atoms with Gasteiger partial charge in [0, 0.05) is 25.2 Å². The van der Waals surface area contributed by atoms with E-state index in [4.69, 9.17) is 4.42 Å². The third kappa shape index (κ3) is 3.24. The van der Waals surface area contributed by atoms with E-state index in [0.29, 0.717) is 17.7 Å². The molecule has 0 spiro atoms. The summed E-state index contributed by atoms with van der Waals surface area (Å²) in [5.74, 6) is -0.750. The molecule has 0 bridgehead atoms. The maximum atomic E-state index is 12.1. The van der Waals surface area contributed by atoms with Crippen molar-refractivity contribution in [2.75, 3.05) is 18.1 Å². The number of hydrogen-bond acceptors (Lipinski definition) is 5. The third-order valence-corrected chi connectivity index (χ3v) is 5.67. The molecular weight excluding hydrogens is 322 g/mol. The third-order valence-electron chi connectivity index (χ3n) is 3.90. The van der Waals surface area contributed by atoms with Crippen molar-refractivity contribution in [2.24, 2.45) is 7.05 Å². The Morgan fingerprint density at radius 1 is 1.43 bits per heavy atom. The highest BCUT2D eigenvalue weighted by molar-refractivity contribution is 7.91. The van der Waals surface area contributed by atoms with Gasteiger partial charge >= 0.3 is 0 Å². The van der Waals surface area contributed by atoms with Crippen molar-refractivity contribution in [3.63, 3.8) is 0 Å². The smallest absolute Gasteiger partial charge is 0.268 e. The molecule has 1 unspecified atom stereocenters. The van der Waals surface area contributed by atoms with Gasteiger partial charge in [0.1, 0.15) is 5.69 Å². The lowest BCUT2D eigenvalue weighted by Gasteiger charge is -2.11. The molecular formula is C14H17N3O5S. The largest absolute Gasteiger partial charge is 0.463 e. The number of carbonyl (C=O) groups is 2. The number of amides is 2. The summed E-state index contributed by atoms with van der Waals surface area (Å²) in [4.78, 5) is 23.9. The Balaban J connectivity index is 1.55. The monoisotopic (exact) mass is 339 g/mol. The molecule has 9 heteroatoms. The van der Waals surface area contributed by atoms with Gasteiger partial charge in [0.25, 0.3) is 5.91 Å². The quantitative estimate of drug-likeness (QED) is 0.802. The van der Waals surface area contributed by atoms with E-state index in [0.717, 1.165) is 5.52 Å². The molecule has 1 fully saturated rings. The molecule has 0 aliphatic carbocycles. The standard InChI is InChI=1S/C14H17N3O5S/c1-17-10-2-4-22-12(10)6-11(17)14(19)15-7-13(18)16-9-3-5-23(20,21)8-9/h2,4,6,9H,3,5,7-8H2,1H3,(H,15,19)(H,16,18). The van der Waals surface area contributed by atoms with Crippen LogP contribution in [-0.4, -0.2) is 48.9 Å². The molecule has 2 amide bonds. The molecule has 0 aromatic carbocycles. The Morgan fingerprint density at radius 2 is 2.22 bits per heavy atom. The van der Waals surface area contributed by atoms with Crippen molar-refractivity contribution in [2.45, 2.75) is 12.5 Å². The number of sulfone groups is 1. The SMILES string of the molecule is Cn1c(C(=O)NCC(=O)NC2CCS(=O)(=O)C2)cc2occc21. The minimum Gasteiger partial charge on any atom is -0.463 e. The Morgan fingerprint density at radius 3 is 2.87 bits per heavy atom. The van der Waals surface area contributed by atoms with E-state index < -0.39 is 21.7 Å². The minimum atomic E-state index is -3.05. The summed E-state index contributed by atoms with van der Waals surface area (Å²) in [5.41, 5.74) is 1.77. The highest BCUT2D eigenvalue weighted by Crippen LogP contribution is 2.19. The van der Waals surface area contributed by atoms with Crippen molar-refractivity contribution in [1.29, 1.82) is 0 Å². The fraction of sp³-hybridized carbons (Fsp3) is 0.429. The maximum absolute atomic E-state index is 12.1. The van der Waals surface area contributed by atoms with Gasteiger partial charge in [-0.1, -0.05) is 0 Å². The average molecular weight is 339 g/mol. The fourth-order valence-electron chi connectivity index (χ4n) is 2.71. The van der Waals surface area contributed by atoms with Crippen LogP contribution in [0.1, 0.15) is 16.9 Å². The molecule has 0 saturated carbocycles. The van der Waals surface area contributed by atoms with Crippen molar-refractivity contribution in [3.05, 3.63) is 24.1 Å². The van der Waals surface area contributed by atoms with Gasteiger partial charge in [0.05, 0.1) is 29.8 Å². The summed E-state index contributed by atoms with van der Waals surface area (Å²) >= 11 is 0. The molecule has 23 heavy (non-hydrogen) atoms. The zero-order valence-corrected chi connectivity index (χ0v) is 13.4. The molecule has 1 saturated heterocycles. The van der Waals surface area contributed by atoms with E-state index in [1.54, 1.807) is 23.7 Å². The highest BCUT2D eigenvalue weighted by Gasteiger charge is 2.28. The topological polar surface area (TPSA) is 110 Å². The molecule has 3 rings (SSSR count). The van der Waals surface area contributed by atoms with Gasteiger partial charge in [0.15, 0.2) is 15.4 Å². The van der Waals surface area contributed by atoms with Crippen molar-refractivity contribution >= 4 is 32.8 Å². The first-order valence-corrected chi connectivity index (χ1v) is 8.99. The van der Waals surface area contributed by atoms with Crippen LogP contribution in [0.5, 0.6) is 0 Å². The summed E-state index contributed by atoms with van der Waals surface area (Å²) in [6.45, 7) is -0.206. The minimum absolute atomic E-state index is 0.0408. The molecule has 2 aromatic rings. The van der Waals surface area contributed by atoms with Crippen LogP contribution in [0.25, 0.3) is 11.1 Å². The summed E-state index contributed by atoms with van der Waals surface area (Å²) in [6.07, 6.45) is 1.95. The number of rotatable bonds is 4. The first kappa shape index (κ1) is 15.6. The van der Waals surface area contributed by atoms with Crippen molar-refractivity contribution in [3.8, 4) is 0 Å². The van der Waals surface area contributed by atoms with Gasteiger partial charge in [-0.05, 0) is 6.42 Å². The van der Waals surface area contributed by atoms with Gasteiger partial charge in [0.2, 0.25) is 5.91 Å².